The van der Waals surface area contributed by atoms with Gasteiger partial charge < -0.3 is 19.9 Å². The summed E-state index contributed by atoms with van der Waals surface area (Å²) in [7, 11) is 2.85. The summed E-state index contributed by atoms with van der Waals surface area (Å²) >= 11 is 0. The number of H-pyrrole nitrogens is 1. The van der Waals surface area contributed by atoms with Gasteiger partial charge in [-0.25, -0.2) is 4.79 Å². The standard InChI is InChI=1S/C24H27N3O4.C13H12/c1-15-9-16(2)11-17(10-15)23(29)27(3)14-22(28)26-21(24(30)31-4)12-18-13-25-20-8-6-5-7-19(18)20;1-11-7-9-13(10-8-11)12-5-3-2-4-6-12/h5-11,13,21,25H,12,14H2,1-4H3,(H,26,28);2-10H,1H3. The Morgan fingerprint density at radius 2 is 1.41 bits per heavy atom. The number of nitrogens with zero attached hydrogens (tertiary/aromatic N) is 1. The van der Waals surface area contributed by atoms with Crippen molar-refractivity contribution in [3.63, 3.8) is 0 Å². The second-order valence-corrected chi connectivity index (χ2v) is 11.0. The second kappa shape index (κ2) is 14.8. The normalized spacial score (nSPS) is 11.2. The largest absolute Gasteiger partial charge is 0.467 e. The number of carbonyl (C=O) groups excluding carboxylic acids is 3. The molecule has 0 radical (unpaired) electrons. The second-order valence-electron chi connectivity index (χ2n) is 11.0. The molecule has 4 aromatic carbocycles. The van der Waals surface area contributed by atoms with Crippen LogP contribution < -0.4 is 5.32 Å². The lowest BCUT2D eigenvalue weighted by atomic mass is 10.0. The molecule has 1 atom stereocenters. The third-order valence-corrected chi connectivity index (χ3v) is 7.27. The molecule has 5 rings (SSSR count). The van der Waals surface area contributed by atoms with Gasteiger partial charge in [-0.1, -0.05) is 95.6 Å². The van der Waals surface area contributed by atoms with E-state index in [9.17, 15) is 14.4 Å². The summed E-state index contributed by atoms with van der Waals surface area (Å²) in [5.74, 6) is -1.23. The first kappa shape index (κ1) is 31.8. The van der Waals surface area contributed by atoms with Crippen molar-refractivity contribution in [1.82, 2.24) is 15.2 Å². The van der Waals surface area contributed by atoms with Gasteiger partial charge in [0.05, 0.1) is 13.7 Å². The summed E-state index contributed by atoms with van der Waals surface area (Å²) < 4.78 is 4.88. The number of carbonyl (C=O) groups is 3. The van der Waals surface area contributed by atoms with Crippen molar-refractivity contribution in [3.05, 3.63) is 131 Å². The molecule has 226 valence electrons. The predicted molar refractivity (Wildman–Crippen MR) is 175 cm³/mol. The minimum absolute atomic E-state index is 0.173. The molecule has 0 bridgehead atoms. The van der Waals surface area contributed by atoms with Gasteiger partial charge in [-0.3, -0.25) is 9.59 Å². The lowest BCUT2D eigenvalue weighted by Crippen LogP contribution is -2.47. The number of aryl methyl sites for hydroxylation is 3. The maximum absolute atomic E-state index is 12.7. The molecule has 0 aliphatic heterocycles. The lowest BCUT2D eigenvalue weighted by molar-refractivity contribution is -0.145. The SMILES string of the molecule is COC(=O)C(Cc1c[nH]c2ccccc12)NC(=O)CN(C)C(=O)c1cc(C)cc(C)c1.Cc1ccc(-c2ccccc2)cc1. The fourth-order valence-corrected chi connectivity index (χ4v) is 5.08. The number of hydrogen-bond acceptors (Lipinski definition) is 4. The molecule has 0 saturated carbocycles. The van der Waals surface area contributed by atoms with Crippen LogP contribution in [0.15, 0.2) is 103 Å². The Kier molecular flexibility index (Phi) is 10.7. The maximum Gasteiger partial charge on any atom is 0.328 e. The number of aromatic nitrogens is 1. The van der Waals surface area contributed by atoms with E-state index in [4.69, 9.17) is 4.74 Å². The number of aromatic amines is 1. The van der Waals surface area contributed by atoms with Gasteiger partial charge in [0.25, 0.3) is 5.91 Å². The van der Waals surface area contributed by atoms with E-state index in [0.717, 1.165) is 27.6 Å². The predicted octanol–water partition coefficient (Wildman–Crippen LogP) is 6.42. The van der Waals surface area contributed by atoms with E-state index >= 15 is 0 Å². The number of hydrogen-bond donors (Lipinski definition) is 2. The summed E-state index contributed by atoms with van der Waals surface area (Å²) in [5.41, 5.74) is 8.19. The maximum atomic E-state index is 12.7. The monoisotopic (exact) mass is 589 g/mol. The Morgan fingerprint density at radius 1 is 0.795 bits per heavy atom. The van der Waals surface area contributed by atoms with Crippen LogP contribution in [0, 0.1) is 20.8 Å². The Hall–Kier alpha value is -5.17. The molecular weight excluding hydrogens is 550 g/mol. The zero-order valence-electron chi connectivity index (χ0n) is 25.9. The van der Waals surface area contributed by atoms with Gasteiger partial charge in [-0.05, 0) is 55.7 Å². The van der Waals surface area contributed by atoms with Crippen LogP contribution in [0.4, 0.5) is 0 Å². The molecule has 7 nitrogen and oxygen atoms in total. The smallest absolute Gasteiger partial charge is 0.328 e. The molecule has 44 heavy (non-hydrogen) atoms. The van der Waals surface area contributed by atoms with Crippen LogP contribution in [-0.2, 0) is 20.7 Å². The van der Waals surface area contributed by atoms with Crippen molar-refractivity contribution in [2.45, 2.75) is 33.2 Å². The number of rotatable bonds is 8. The summed E-state index contributed by atoms with van der Waals surface area (Å²) in [6, 6.07) is 31.5. The van der Waals surface area contributed by atoms with Gasteiger partial charge in [0.2, 0.25) is 5.91 Å². The third-order valence-electron chi connectivity index (χ3n) is 7.27. The van der Waals surface area contributed by atoms with Crippen molar-refractivity contribution < 1.29 is 19.1 Å². The average molecular weight is 590 g/mol. The van der Waals surface area contributed by atoms with Gasteiger partial charge in [0.15, 0.2) is 0 Å². The molecule has 0 aliphatic carbocycles. The van der Waals surface area contributed by atoms with Crippen LogP contribution in [0.1, 0.15) is 32.6 Å². The number of esters is 1. The van der Waals surface area contributed by atoms with E-state index in [1.165, 1.54) is 28.7 Å². The number of methoxy groups -OCH3 is 1. The lowest BCUT2D eigenvalue weighted by Gasteiger charge is -2.20. The molecule has 1 unspecified atom stereocenters. The fourth-order valence-electron chi connectivity index (χ4n) is 5.08. The fraction of sp³-hybridized carbons (Fsp3) is 0.216. The van der Waals surface area contributed by atoms with Crippen molar-refractivity contribution in [2.24, 2.45) is 0 Å². The molecule has 7 heteroatoms. The Balaban J connectivity index is 0.000000281. The zero-order valence-corrected chi connectivity index (χ0v) is 25.9. The average Bonchev–Trinajstić information content (AvgIpc) is 3.43. The molecule has 0 spiro atoms. The molecule has 1 aromatic heterocycles. The minimum Gasteiger partial charge on any atom is -0.467 e. The quantitative estimate of drug-likeness (QED) is 0.204. The first-order valence-corrected chi connectivity index (χ1v) is 14.5. The molecule has 5 aromatic rings. The van der Waals surface area contributed by atoms with Crippen molar-refractivity contribution in [2.75, 3.05) is 20.7 Å². The molecule has 0 fully saturated rings. The van der Waals surface area contributed by atoms with E-state index in [2.05, 4.69) is 65.8 Å². The van der Waals surface area contributed by atoms with Gasteiger partial charge in [0, 0.05) is 36.1 Å². The van der Waals surface area contributed by atoms with Crippen LogP contribution in [0.25, 0.3) is 22.0 Å². The number of nitrogens with one attached hydrogen (secondary N) is 2. The van der Waals surface area contributed by atoms with Gasteiger partial charge in [0.1, 0.15) is 6.04 Å². The van der Waals surface area contributed by atoms with Crippen LogP contribution >= 0.6 is 0 Å². The highest BCUT2D eigenvalue weighted by Crippen LogP contribution is 2.20. The molecule has 2 amide bonds. The molecule has 2 N–H and O–H groups in total. The molecule has 0 aliphatic rings. The van der Waals surface area contributed by atoms with E-state index in [1.807, 2.05) is 56.4 Å². The van der Waals surface area contributed by atoms with Gasteiger partial charge >= 0.3 is 5.97 Å². The minimum atomic E-state index is -0.860. The van der Waals surface area contributed by atoms with Crippen LogP contribution in [0.5, 0.6) is 0 Å². The molecule has 0 saturated heterocycles. The first-order chi connectivity index (χ1) is 21.1. The topological polar surface area (TPSA) is 91.5 Å². The summed E-state index contributed by atoms with van der Waals surface area (Å²) in [4.78, 5) is 42.1. The number of amides is 2. The van der Waals surface area contributed by atoms with Crippen molar-refractivity contribution in [1.29, 1.82) is 0 Å². The highest BCUT2D eigenvalue weighted by molar-refractivity contribution is 5.97. The highest BCUT2D eigenvalue weighted by Gasteiger charge is 2.25. The Morgan fingerprint density at radius 3 is 2.07 bits per heavy atom. The van der Waals surface area contributed by atoms with E-state index < -0.39 is 17.9 Å². The van der Waals surface area contributed by atoms with E-state index in [0.29, 0.717) is 5.56 Å². The first-order valence-electron chi connectivity index (χ1n) is 14.5. The number of fused-ring (bicyclic) bond motifs is 1. The number of benzene rings is 4. The van der Waals surface area contributed by atoms with Gasteiger partial charge in [-0.2, -0.15) is 0 Å². The van der Waals surface area contributed by atoms with Crippen molar-refractivity contribution >= 4 is 28.7 Å². The van der Waals surface area contributed by atoms with E-state index in [-0.39, 0.29) is 18.9 Å². The van der Waals surface area contributed by atoms with E-state index in [1.54, 1.807) is 19.2 Å². The Bertz CT molecular complexity index is 1710. The third kappa shape index (κ3) is 8.44. The highest BCUT2D eigenvalue weighted by atomic mass is 16.5. The van der Waals surface area contributed by atoms with Crippen molar-refractivity contribution in [3.8, 4) is 11.1 Å². The Labute approximate surface area is 258 Å². The van der Waals surface area contributed by atoms with Crippen LogP contribution in [0.2, 0.25) is 0 Å². The number of ether oxygens (including phenoxy) is 1. The molecule has 1 heterocycles. The van der Waals surface area contributed by atoms with Crippen LogP contribution in [0.3, 0.4) is 0 Å². The summed E-state index contributed by atoms with van der Waals surface area (Å²) in [5, 5.41) is 3.69. The summed E-state index contributed by atoms with van der Waals surface area (Å²) in [6.07, 6.45) is 2.10. The molecular formula is C37H39N3O4. The van der Waals surface area contributed by atoms with Crippen LogP contribution in [-0.4, -0.2) is 54.4 Å². The number of likely N-dealkylation sites (N-methyl/N-ethyl adjacent to an activating group) is 1. The van der Waals surface area contributed by atoms with Gasteiger partial charge in [-0.15, -0.1) is 0 Å². The number of para-hydroxylation sites is 1. The summed E-state index contributed by atoms with van der Waals surface area (Å²) in [6.45, 7) is 5.77. The zero-order chi connectivity index (χ0) is 31.6.